The Balaban J connectivity index is 1.71. The van der Waals surface area contributed by atoms with Crippen LogP contribution in [0.4, 0.5) is 19.3 Å². The van der Waals surface area contributed by atoms with Gasteiger partial charge in [-0.15, -0.1) is 0 Å². The van der Waals surface area contributed by atoms with Gasteiger partial charge in [0.2, 0.25) is 12.3 Å². The van der Waals surface area contributed by atoms with Crippen LogP contribution in [0.25, 0.3) is 5.65 Å². The molecule has 2 aliphatic heterocycles. The highest BCUT2D eigenvalue weighted by Gasteiger charge is 2.33. The largest absolute Gasteiger partial charge is 0.368 e. The number of carbonyl (C=O) groups is 2. The first-order chi connectivity index (χ1) is 12.0. The molecule has 4 rings (SSSR count). The monoisotopic (exact) mass is 350 g/mol. The van der Waals surface area contributed by atoms with Crippen LogP contribution in [-0.4, -0.2) is 52.6 Å². The number of aromatic nitrogens is 3. The average Bonchev–Trinajstić information content (AvgIpc) is 3.23. The Labute approximate surface area is 141 Å². The van der Waals surface area contributed by atoms with Crippen molar-refractivity contribution in [3.8, 4) is 0 Å². The Kier molecular flexibility index (Phi) is 3.74. The van der Waals surface area contributed by atoms with Crippen molar-refractivity contribution in [3.05, 3.63) is 24.2 Å². The van der Waals surface area contributed by atoms with Crippen LogP contribution in [0.15, 0.2) is 18.5 Å². The summed E-state index contributed by atoms with van der Waals surface area (Å²) in [7, 11) is 0. The number of halogens is 2. The minimum Gasteiger partial charge on any atom is -0.368 e. The molecule has 2 atom stereocenters. The molecule has 2 aromatic rings. The lowest BCUT2D eigenvalue weighted by molar-refractivity contribution is -0.122. The van der Waals surface area contributed by atoms with Crippen molar-refractivity contribution in [1.82, 2.24) is 25.2 Å². The van der Waals surface area contributed by atoms with Gasteiger partial charge >= 0.3 is 6.03 Å². The Morgan fingerprint density at radius 3 is 2.88 bits per heavy atom. The van der Waals surface area contributed by atoms with E-state index in [0.29, 0.717) is 30.0 Å². The third-order valence-electron chi connectivity index (χ3n) is 4.66. The smallest absolute Gasteiger partial charge is 0.321 e. The van der Waals surface area contributed by atoms with E-state index in [2.05, 4.69) is 20.7 Å². The van der Waals surface area contributed by atoms with Gasteiger partial charge in [-0.05, 0) is 12.5 Å². The van der Waals surface area contributed by atoms with Crippen LogP contribution in [-0.2, 0) is 4.79 Å². The molecule has 25 heavy (non-hydrogen) atoms. The molecular weight excluding hydrogens is 334 g/mol. The number of anilines is 1. The van der Waals surface area contributed by atoms with Gasteiger partial charge in [-0.3, -0.25) is 10.1 Å². The van der Waals surface area contributed by atoms with Gasteiger partial charge in [0.15, 0.2) is 5.65 Å². The van der Waals surface area contributed by atoms with E-state index < -0.39 is 30.2 Å². The number of hydrogen-bond acceptors (Lipinski definition) is 5. The summed E-state index contributed by atoms with van der Waals surface area (Å²) in [5, 5.41) is 9.17. The fourth-order valence-corrected chi connectivity index (χ4v) is 3.30. The van der Waals surface area contributed by atoms with Crippen LogP contribution >= 0.6 is 0 Å². The van der Waals surface area contributed by atoms with Gasteiger partial charge in [-0.1, -0.05) is 0 Å². The van der Waals surface area contributed by atoms with Gasteiger partial charge < -0.3 is 10.2 Å². The van der Waals surface area contributed by atoms with Crippen LogP contribution in [0.3, 0.4) is 0 Å². The number of alkyl halides is 2. The van der Waals surface area contributed by atoms with Crippen LogP contribution < -0.4 is 15.5 Å². The summed E-state index contributed by atoms with van der Waals surface area (Å²) < 4.78 is 27.5. The SMILES string of the molecule is O=C1NCC(c2cc(N3CC[C@H](C(F)F)C3)c3nccn3n2)C(=O)N1. The fraction of sp³-hybridized carbons (Fsp3) is 0.467. The number of nitrogens with zero attached hydrogens (tertiary/aromatic N) is 4. The molecule has 2 aliphatic rings. The van der Waals surface area contributed by atoms with Crippen LogP contribution in [0.5, 0.6) is 0 Å². The number of fused-ring (bicyclic) bond motifs is 1. The molecule has 2 saturated heterocycles. The number of urea groups is 1. The van der Waals surface area contributed by atoms with E-state index in [9.17, 15) is 18.4 Å². The third-order valence-corrected chi connectivity index (χ3v) is 4.66. The Bertz CT molecular complexity index is 839. The zero-order valence-corrected chi connectivity index (χ0v) is 13.2. The van der Waals surface area contributed by atoms with Crippen molar-refractivity contribution in [2.24, 2.45) is 5.92 Å². The Hall–Kier alpha value is -2.78. The molecule has 0 radical (unpaired) electrons. The van der Waals surface area contributed by atoms with E-state index in [1.54, 1.807) is 18.5 Å². The quantitative estimate of drug-likeness (QED) is 0.852. The summed E-state index contributed by atoms with van der Waals surface area (Å²) in [4.78, 5) is 29.4. The third kappa shape index (κ3) is 2.77. The van der Waals surface area contributed by atoms with Gasteiger partial charge in [0.1, 0.15) is 0 Å². The van der Waals surface area contributed by atoms with E-state index in [-0.39, 0.29) is 13.1 Å². The van der Waals surface area contributed by atoms with Crippen molar-refractivity contribution >= 4 is 23.3 Å². The minimum absolute atomic E-state index is 0.136. The zero-order valence-electron chi connectivity index (χ0n) is 13.2. The van der Waals surface area contributed by atoms with Gasteiger partial charge in [0, 0.05) is 37.9 Å². The molecule has 2 N–H and O–H groups in total. The van der Waals surface area contributed by atoms with E-state index in [4.69, 9.17) is 0 Å². The predicted octanol–water partition coefficient (Wildman–Crippen LogP) is 0.744. The molecule has 2 fully saturated rings. The molecule has 10 heteroatoms. The molecule has 132 valence electrons. The lowest BCUT2D eigenvalue weighted by Gasteiger charge is -2.24. The van der Waals surface area contributed by atoms with Gasteiger partial charge in [-0.2, -0.15) is 5.10 Å². The molecular formula is C15H16F2N6O2. The highest BCUT2D eigenvalue weighted by Crippen LogP contribution is 2.31. The Morgan fingerprint density at radius 1 is 1.32 bits per heavy atom. The highest BCUT2D eigenvalue weighted by molar-refractivity contribution is 6.00. The minimum atomic E-state index is -2.36. The van der Waals surface area contributed by atoms with Crippen molar-refractivity contribution in [3.63, 3.8) is 0 Å². The maximum atomic E-state index is 13.0. The first-order valence-corrected chi connectivity index (χ1v) is 7.99. The molecule has 0 saturated carbocycles. The summed E-state index contributed by atoms with van der Waals surface area (Å²) >= 11 is 0. The van der Waals surface area contributed by atoms with Crippen LogP contribution in [0.2, 0.25) is 0 Å². The zero-order chi connectivity index (χ0) is 17.6. The maximum absolute atomic E-state index is 13.0. The predicted molar refractivity (Wildman–Crippen MR) is 83.6 cm³/mol. The van der Waals surface area contributed by atoms with Gasteiger partial charge in [0.25, 0.3) is 0 Å². The molecule has 0 bridgehead atoms. The second-order valence-corrected chi connectivity index (χ2v) is 6.23. The van der Waals surface area contributed by atoms with Gasteiger partial charge in [0.05, 0.1) is 17.3 Å². The molecule has 8 nitrogen and oxygen atoms in total. The fourth-order valence-electron chi connectivity index (χ4n) is 3.30. The normalized spacial score (nSPS) is 24.0. The summed E-state index contributed by atoms with van der Waals surface area (Å²) in [5.74, 6) is -1.76. The number of imidazole rings is 1. The second kappa shape index (κ2) is 5.94. The van der Waals surface area contributed by atoms with E-state index >= 15 is 0 Å². The van der Waals surface area contributed by atoms with Crippen molar-refractivity contribution < 1.29 is 18.4 Å². The highest BCUT2D eigenvalue weighted by atomic mass is 19.3. The maximum Gasteiger partial charge on any atom is 0.321 e. The summed E-state index contributed by atoms with van der Waals surface area (Å²) in [5.41, 5.74) is 1.68. The number of rotatable bonds is 3. The van der Waals surface area contributed by atoms with Crippen LogP contribution in [0.1, 0.15) is 18.0 Å². The van der Waals surface area contributed by atoms with E-state index in [1.165, 1.54) is 4.52 Å². The molecule has 0 spiro atoms. The molecule has 3 amide bonds. The molecule has 1 unspecified atom stereocenters. The number of imide groups is 1. The van der Waals surface area contributed by atoms with Crippen molar-refractivity contribution in [2.45, 2.75) is 18.8 Å². The van der Waals surface area contributed by atoms with Crippen molar-refractivity contribution in [2.75, 3.05) is 24.5 Å². The summed E-state index contributed by atoms with van der Waals surface area (Å²) in [6.45, 7) is 0.864. The first kappa shape index (κ1) is 15.7. The van der Waals surface area contributed by atoms with E-state index in [0.717, 1.165) is 0 Å². The van der Waals surface area contributed by atoms with E-state index in [1.807, 2.05) is 4.90 Å². The topological polar surface area (TPSA) is 91.6 Å². The standard InChI is InChI=1S/C15H16F2N6O2/c16-12(17)8-1-3-22(7-8)11-5-10(21-23-4-2-18-13(11)23)9-6-19-15(25)20-14(9)24/h2,4-5,8-9,12H,1,3,6-7H2,(H2,19,20,24,25)/t8-,9?/m0/s1. The average molecular weight is 350 g/mol. The second-order valence-electron chi connectivity index (χ2n) is 6.23. The summed E-state index contributed by atoms with van der Waals surface area (Å²) in [6, 6.07) is 1.17. The Morgan fingerprint density at radius 2 is 2.16 bits per heavy atom. The first-order valence-electron chi connectivity index (χ1n) is 7.99. The number of carbonyl (C=O) groups excluding carboxylic acids is 2. The molecule has 2 aromatic heterocycles. The molecule has 0 aromatic carbocycles. The number of nitrogens with one attached hydrogen (secondary N) is 2. The van der Waals surface area contributed by atoms with Crippen molar-refractivity contribution in [1.29, 1.82) is 0 Å². The number of amides is 3. The molecule has 0 aliphatic carbocycles. The van der Waals surface area contributed by atoms with Gasteiger partial charge in [-0.25, -0.2) is 23.1 Å². The van der Waals surface area contributed by atoms with Crippen LogP contribution in [0, 0.1) is 5.92 Å². The summed E-state index contributed by atoms with van der Waals surface area (Å²) in [6.07, 6.45) is 1.25. The lowest BCUT2D eigenvalue weighted by atomic mass is 10.0. The molecule has 4 heterocycles. The lowest BCUT2D eigenvalue weighted by Crippen LogP contribution is -2.51. The number of hydrogen-bond donors (Lipinski definition) is 2.